The van der Waals surface area contributed by atoms with Crippen molar-refractivity contribution in [1.82, 2.24) is 20.6 Å². The van der Waals surface area contributed by atoms with Gasteiger partial charge in [0, 0.05) is 6.54 Å². The Morgan fingerprint density at radius 3 is 2.46 bits per heavy atom. The van der Waals surface area contributed by atoms with Crippen LogP contribution in [0.2, 0.25) is 0 Å². The lowest BCUT2D eigenvalue weighted by atomic mass is 10.2. The molecule has 0 aliphatic heterocycles. The van der Waals surface area contributed by atoms with Crippen molar-refractivity contribution in [2.45, 2.75) is 33.6 Å². The van der Waals surface area contributed by atoms with Crippen LogP contribution in [-0.4, -0.2) is 41.0 Å². The first-order valence-corrected chi connectivity index (χ1v) is 8.40. The summed E-state index contributed by atoms with van der Waals surface area (Å²) < 4.78 is 4.94. The Hall–Kier alpha value is -3.03. The summed E-state index contributed by atoms with van der Waals surface area (Å²) in [7, 11) is 0. The predicted molar refractivity (Wildman–Crippen MR) is 95.7 cm³/mol. The highest BCUT2D eigenvalue weighted by Crippen LogP contribution is 2.15. The Kier molecular flexibility index (Phi) is 6.60. The average Bonchev–Trinajstić information content (AvgIpc) is 2.60. The summed E-state index contributed by atoms with van der Waals surface area (Å²) in [5.74, 6) is -1.37. The van der Waals surface area contributed by atoms with Gasteiger partial charge in [-0.15, -0.1) is 0 Å². The average molecular weight is 358 g/mol. The standard InChI is InChI=1S/C18H22N4O4/c1-4-5-8-19-18(25)22-16(23)10-26-17(24)13-6-7-14-15(9-13)21-12(3)11(2)20-14/h6-7,9H,4-5,8,10H2,1-3H3,(H2,19,22,23,25). The van der Waals surface area contributed by atoms with Crippen LogP contribution in [0.4, 0.5) is 4.79 Å². The van der Waals surface area contributed by atoms with E-state index in [9.17, 15) is 14.4 Å². The Morgan fingerprint density at radius 2 is 1.77 bits per heavy atom. The summed E-state index contributed by atoms with van der Waals surface area (Å²) in [6.07, 6.45) is 1.75. The summed E-state index contributed by atoms with van der Waals surface area (Å²) in [6.45, 7) is 5.62. The maximum Gasteiger partial charge on any atom is 0.338 e. The Labute approximate surface area is 151 Å². The highest BCUT2D eigenvalue weighted by molar-refractivity contribution is 5.98. The van der Waals surface area contributed by atoms with Crippen molar-refractivity contribution >= 4 is 28.9 Å². The molecule has 2 aromatic rings. The van der Waals surface area contributed by atoms with Gasteiger partial charge in [0.25, 0.3) is 5.91 Å². The number of unbranched alkanes of at least 4 members (excludes halogenated alkanes) is 1. The number of benzene rings is 1. The largest absolute Gasteiger partial charge is 0.452 e. The molecule has 0 radical (unpaired) electrons. The molecule has 0 atom stereocenters. The second kappa shape index (κ2) is 8.89. The summed E-state index contributed by atoms with van der Waals surface area (Å²) in [5, 5.41) is 4.64. The van der Waals surface area contributed by atoms with Crippen LogP contribution < -0.4 is 10.6 Å². The maximum absolute atomic E-state index is 12.1. The quantitative estimate of drug-likeness (QED) is 0.604. The number of urea groups is 1. The van der Waals surface area contributed by atoms with Gasteiger partial charge in [0.15, 0.2) is 6.61 Å². The highest BCUT2D eigenvalue weighted by atomic mass is 16.5. The number of nitrogens with one attached hydrogen (secondary N) is 2. The molecule has 26 heavy (non-hydrogen) atoms. The second-order valence-corrected chi connectivity index (χ2v) is 5.83. The van der Waals surface area contributed by atoms with Crippen molar-refractivity contribution < 1.29 is 19.1 Å². The van der Waals surface area contributed by atoms with E-state index >= 15 is 0 Å². The van der Waals surface area contributed by atoms with Gasteiger partial charge in [-0.2, -0.15) is 0 Å². The van der Waals surface area contributed by atoms with Crippen molar-refractivity contribution in [3.63, 3.8) is 0 Å². The third kappa shape index (κ3) is 5.23. The van der Waals surface area contributed by atoms with Crippen LogP contribution in [0.15, 0.2) is 18.2 Å². The third-order valence-electron chi connectivity index (χ3n) is 3.71. The molecule has 0 saturated heterocycles. The van der Waals surface area contributed by atoms with E-state index in [2.05, 4.69) is 20.6 Å². The Bertz CT molecular complexity index is 835. The minimum Gasteiger partial charge on any atom is -0.452 e. The fraction of sp³-hybridized carbons (Fsp3) is 0.389. The summed E-state index contributed by atoms with van der Waals surface area (Å²) in [5.41, 5.74) is 3.10. The molecule has 2 N–H and O–H groups in total. The number of nitrogens with zero attached hydrogens (tertiary/aromatic N) is 2. The number of fused-ring (bicyclic) bond motifs is 1. The van der Waals surface area contributed by atoms with Gasteiger partial charge in [0.2, 0.25) is 0 Å². The van der Waals surface area contributed by atoms with Gasteiger partial charge in [-0.25, -0.2) is 19.6 Å². The molecule has 8 heteroatoms. The molecule has 0 saturated carbocycles. The molecule has 8 nitrogen and oxygen atoms in total. The molecule has 0 unspecified atom stereocenters. The number of amides is 3. The van der Waals surface area contributed by atoms with Crippen molar-refractivity contribution in [3.05, 3.63) is 35.2 Å². The number of hydrogen-bond donors (Lipinski definition) is 2. The zero-order valence-electron chi connectivity index (χ0n) is 15.1. The molecule has 0 spiro atoms. The highest BCUT2D eigenvalue weighted by Gasteiger charge is 2.13. The number of carbonyl (C=O) groups is 3. The number of ether oxygens (including phenoxy) is 1. The van der Waals surface area contributed by atoms with Crippen molar-refractivity contribution in [1.29, 1.82) is 0 Å². The molecular formula is C18H22N4O4. The zero-order valence-corrected chi connectivity index (χ0v) is 15.1. The SMILES string of the molecule is CCCCNC(=O)NC(=O)COC(=O)c1ccc2nc(C)c(C)nc2c1. The minimum atomic E-state index is -0.695. The number of imide groups is 1. The fourth-order valence-corrected chi connectivity index (χ4v) is 2.16. The first-order chi connectivity index (χ1) is 12.4. The van der Waals surface area contributed by atoms with Gasteiger partial charge < -0.3 is 10.1 Å². The molecule has 0 bridgehead atoms. The van der Waals surface area contributed by atoms with Gasteiger partial charge in [-0.05, 0) is 38.5 Å². The van der Waals surface area contributed by atoms with Crippen LogP contribution in [-0.2, 0) is 9.53 Å². The van der Waals surface area contributed by atoms with Crippen LogP contribution in [0.5, 0.6) is 0 Å². The predicted octanol–water partition coefficient (Wildman–Crippen LogP) is 2.03. The number of carbonyl (C=O) groups excluding carboxylic acids is 3. The summed E-state index contributed by atoms with van der Waals surface area (Å²) >= 11 is 0. The van der Waals surface area contributed by atoms with E-state index in [1.54, 1.807) is 18.2 Å². The van der Waals surface area contributed by atoms with E-state index in [4.69, 9.17) is 4.74 Å². The monoisotopic (exact) mass is 358 g/mol. The number of hydrogen-bond acceptors (Lipinski definition) is 6. The normalized spacial score (nSPS) is 10.4. The van der Waals surface area contributed by atoms with E-state index in [-0.39, 0.29) is 5.56 Å². The van der Waals surface area contributed by atoms with Gasteiger partial charge in [0.05, 0.1) is 28.0 Å². The molecule has 3 amide bonds. The first-order valence-electron chi connectivity index (χ1n) is 8.40. The third-order valence-corrected chi connectivity index (χ3v) is 3.71. The van der Waals surface area contributed by atoms with E-state index in [1.165, 1.54) is 0 Å². The lowest BCUT2D eigenvalue weighted by Gasteiger charge is -2.08. The molecule has 1 aromatic carbocycles. The van der Waals surface area contributed by atoms with Crippen molar-refractivity contribution in [2.24, 2.45) is 0 Å². The second-order valence-electron chi connectivity index (χ2n) is 5.83. The lowest BCUT2D eigenvalue weighted by molar-refractivity contribution is -0.123. The number of rotatable bonds is 6. The van der Waals surface area contributed by atoms with Gasteiger partial charge in [-0.1, -0.05) is 13.3 Å². The number of aryl methyl sites for hydroxylation is 2. The molecule has 1 heterocycles. The number of aromatic nitrogens is 2. The smallest absolute Gasteiger partial charge is 0.338 e. The lowest BCUT2D eigenvalue weighted by Crippen LogP contribution is -2.41. The maximum atomic E-state index is 12.1. The Balaban J connectivity index is 1.91. The van der Waals surface area contributed by atoms with Gasteiger partial charge in [0.1, 0.15) is 0 Å². The molecule has 0 aliphatic carbocycles. The minimum absolute atomic E-state index is 0.259. The van der Waals surface area contributed by atoms with Crippen LogP contribution in [0.25, 0.3) is 11.0 Å². The van der Waals surface area contributed by atoms with E-state index < -0.39 is 24.5 Å². The van der Waals surface area contributed by atoms with E-state index in [1.807, 2.05) is 20.8 Å². The van der Waals surface area contributed by atoms with Gasteiger partial charge in [-0.3, -0.25) is 10.1 Å². The molecule has 0 fully saturated rings. The van der Waals surface area contributed by atoms with Crippen molar-refractivity contribution in [3.8, 4) is 0 Å². The molecular weight excluding hydrogens is 336 g/mol. The summed E-state index contributed by atoms with van der Waals surface area (Å²) in [4.78, 5) is 44.0. The van der Waals surface area contributed by atoms with Crippen LogP contribution in [0, 0.1) is 13.8 Å². The topological polar surface area (TPSA) is 110 Å². The van der Waals surface area contributed by atoms with E-state index in [0.29, 0.717) is 17.6 Å². The van der Waals surface area contributed by atoms with Crippen LogP contribution in [0.1, 0.15) is 41.5 Å². The Morgan fingerprint density at radius 1 is 1.08 bits per heavy atom. The fourth-order valence-electron chi connectivity index (χ4n) is 2.16. The molecule has 1 aromatic heterocycles. The zero-order chi connectivity index (χ0) is 19.1. The number of esters is 1. The van der Waals surface area contributed by atoms with Crippen molar-refractivity contribution in [2.75, 3.05) is 13.2 Å². The first kappa shape index (κ1) is 19.3. The van der Waals surface area contributed by atoms with E-state index in [0.717, 1.165) is 24.2 Å². The molecule has 0 aliphatic rings. The van der Waals surface area contributed by atoms with Gasteiger partial charge >= 0.3 is 12.0 Å². The summed E-state index contributed by atoms with van der Waals surface area (Å²) in [6, 6.07) is 4.19. The van der Waals surface area contributed by atoms with Crippen LogP contribution >= 0.6 is 0 Å². The van der Waals surface area contributed by atoms with Crippen LogP contribution in [0.3, 0.4) is 0 Å². The molecule has 138 valence electrons. The molecule has 2 rings (SSSR count).